The summed E-state index contributed by atoms with van der Waals surface area (Å²) in [6.07, 6.45) is 16.6. The van der Waals surface area contributed by atoms with Crippen molar-refractivity contribution in [1.82, 2.24) is 15.0 Å². The molecule has 33 heavy (non-hydrogen) atoms. The molecule has 2 aromatic heterocycles. The summed E-state index contributed by atoms with van der Waals surface area (Å²) in [7, 11) is 0. The highest BCUT2D eigenvalue weighted by atomic mass is 16.5. The van der Waals surface area contributed by atoms with Crippen LogP contribution < -0.4 is 9.80 Å². The van der Waals surface area contributed by atoms with Gasteiger partial charge in [0, 0.05) is 68.6 Å². The summed E-state index contributed by atoms with van der Waals surface area (Å²) < 4.78 is 6.30. The molecule has 0 atom stereocenters. The van der Waals surface area contributed by atoms with Crippen molar-refractivity contribution in [3.63, 3.8) is 0 Å². The van der Waals surface area contributed by atoms with Crippen LogP contribution >= 0.6 is 0 Å². The van der Waals surface area contributed by atoms with Crippen molar-refractivity contribution < 1.29 is 4.74 Å². The summed E-state index contributed by atoms with van der Waals surface area (Å²) >= 11 is 0. The van der Waals surface area contributed by atoms with E-state index in [4.69, 9.17) is 4.74 Å². The van der Waals surface area contributed by atoms with E-state index in [1.54, 1.807) is 0 Å². The molecule has 1 N–H and O–H groups in total. The van der Waals surface area contributed by atoms with E-state index in [0.29, 0.717) is 0 Å². The van der Waals surface area contributed by atoms with Crippen LogP contribution in [0.4, 0.5) is 11.6 Å². The number of aromatic nitrogens is 3. The van der Waals surface area contributed by atoms with E-state index in [1.807, 2.05) is 24.7 Å². The third kappa shape index (κ3) is 5.11. The number of aryl methyl sites for hydroxylation is 1. The van der Waals surface area contributed by atoms with Gasteiger partial charge in [0.1, 0.15) is 11.9 Å². The molecule has 2 aliphatic heterocycles. The molecule has 6 heteroatoms. The zero-order valence-corrected chi connectivity index (χ0v) is 19.2. The van der Waals surface area contributed by atoms with Crippen LogP contribution in [0.2, 0.25) is 0 Å². The van der Waals surface area contributed by atoms with Crippen molar-refractivity contribution in [3.05, 3.63) is 84.7 Å². The molecule has 0 radical (unpaired) electrons. The fraction of sp³-hybridized carbons (Fsp3) is 0.333. The van der Waals surface area contributed by atoms with Crippen molar-refractivity contribution in [2.24, 2.45) is 0 Å². The van der Waals surface area contributed by atoms with Crippen LogP contribution in [0.3, 0.4) is 0 Å². The topological polar surface area (TPSA) is 57.3 Å². The van der Waals surface area contributed by atoms with Crippen LogP contribution in [0.25, 0.3) is 11.3 Å². The first-order chi connectivity index (χ1) is 16.3. The van der Waals surface area contributed by atoms with Gasteiger partial charge in [0.05, 0.1) is 0 Å². The fourth-order valence-electron chi connectivity index (χ4n) is 4.40. The van der Waals surface area contributed by atoms with E-state index in [-0.39, 0.29) is 6.10 Å². The summed E-state index contributed by atoms with van der Waals surface area (Å²) in [5.74, 6) is 1.80. The van der Waals surface area contributed by atoms with E-state index in [1.165, 1.54) is 16.8 Å². The van der Waals surface area contributed by atoms with Gasteiger partial charge in [-0.2, -0.15) is 0 Å². The minimum atomic E-state index is 0.239. The number of benzene rings is 1. The smallest absolute Gasteiger partial charge is 0.225 e. The summed E-state index contributed by atoms with van der Waals surface area (Å²) in [5, 5.41) is 0. The van der Waals surface area contributed by atoms with Crippen LogP contribution in [-0.2, 0) is 11.2 Å². The lowest BCUT2D eigenvalue weighted by Crippen LogP contribution is -2.38. The molecule has 0 spiro atoms. The lowest BCUT2D eigenvalue weighted by molar-refractivity contribution is 0.101. The number of piperidine rings is 1. The maximum absolute atomic E-state index is 6.30. The van der Waals surface area contributed by atoms with Gasteiger partial charge in [0.15, 0.2) is 0 Å². The monoisotopic (exact) mass is 441 g/mol. The molecule has 170 valence electrons. The molecule has 0 aliphatic carbocycles. The van der Waals surface area contributed by atoms with E-state index in [2.05, 4.69) is 80.4 Å². The molecule has 1 saturated heterocycles. The van der Waals surface area contributed by atoms with E-state index in [0.717, 1.165) is 62.7 Å². The average molecular weight is 442 g/mol. The lowest BCUT2D eigenvalue weighted by atomic mass is 10.1. The van der Waals surface area contributed by atoms with Gasteiger partial charge in [-0.1, -0.05) is 25.5 Å². The third-order valence-electron chi connectivity index (χ3n) is 6.27. The van der Waals surface area contributed by atoms with Gasteiger partial charge in [-0.3, -0.25) is 0 Å². The van der Waals surface area contributed by atoms with E-state index >= 15 is 0 Å². The molecule has 0 bridgehead atoms. The predicted octanol–water partition coefficient (Wildman–Crippen LogP) is 5.33. The van der Waals surface area contributed by atoms with E-state index in [9.17, 15) is 0 Å². The molecule has 1 fully saturated rings. The van der Waals surface area contributed by atoms with Crippen molar-refractivity contribution in [3.8, 4) is 11.3 Å². The third-order valence-corrected chi connectivity index (χ3v) is 6.27. The minimum Gasteiger partial charge on any atom is -0.491 e. The summed E-state index contributed by atoms with van der Waals surface area (Å²) in [6.45, 7) is 4.84. The summed E-state index contributed by atoms with van der Waals surface area (Å²) in [6, 6.07) is 12.7. The number of hydrogen-bond acceptors (Lipinski definition) is 5. The minimum absolute atomic E-state index is 0.239. The highest BCUT2D eigenvalue weighted by Crippen LogP contribution is 2.25. The normalized spacial score (nSPS) is 16.7. The first-order valence-corrected chi connectivity index (χ1v) is 11.9. The van der Waals surface area contributed by atoms with Crippen LogP contribution in [0.1, 0.15) is 31.7 Å². The number of allylic oxidation sites excluding steroid dienone is 1. The van der Waals surface area contributed by atoms with Crippen LogP contribution in [-0.4, -0.2) is 40.7 Å². The fourth-order valence-corrected chi connectivity index (χ4v) is 4.40. The standard InChI is InChI=1S/C27H31N5O/c1-2-4-21-19-29-27(30-20-21)32-17-12-25(13-18-32)33-24-10-15-31(16-11-24)23-8-6-22(7-9-23)26-5-3-14-28-26/h3,5-11,14-15,19-20,25,28H,2,4,12-13,16-18H2,1H3. The lowest BCUT2D eigenvalue weighted by Gasteiger charge is -2.33. The first-order valence-electron chi connectivity index (χ1n) is 11.9. The van der Waals surface area contributed by atoms with Gasteiger partial charge in [0.25, 0.3) is 0 Å². The summed E-state index contributed by atoms with van der Waals surface area (Å²) in [4.78, 5) is 16.9. The molecule has 2 aliphatic rings. The maximum atomic E-state index is 6.30. The quantitative estimate of drug-likeness (QED) is 0.537. The molecule has 0 saturated carbocycles. The Morgan fingerprint density at radius 2 is 1.85 bits per heavy atom. The number of nitrogens with one attached hydrogen (secondary N) is 1. The number of H-pyrrole nitrogens is 1. The van der Waals surface area contributed by atoms with Gasteiger partial charge >= 0.3 is 0 Å². The number of nitrogens with zero attached hydrogens (tertiary/aromatic N) is 4. The van der Waals surface area contributed by atoms with Crippen LogP contribution in [0.5, 0.6) is 0 Å². The van der Waals surface area contributed by atoms with Gasteiger partial charge < -0.3 is 19.5 Å². The number of aromatic amines is 1. The van der Waals surface area contributed by atoms with Crippen LogP contribution in [0.15, 0.2) is 79.1 Å². The molecule has 1 aromatic carbocycles. The Labute approximate surface area is 195 Å². The Morgan fingerprint density at radius 1 is 1.06 bits per heavy atom. The SMILES string of the molecule is CCCc1cnc(N2CCC(OC3=CCN(c4ccc(-c5ccc[nH]5)cc4)C=C3)CC2)nc1. The second kappa shape index (κ2) is 9.94. The predicted molar refractivity (Wildman–Crippen MR) is 133 cm³/mol. The molecule has 6 nitrogen and oxygen atoms in total. The summed E-state index contributed by atoms with van der Waals surface area (Å²) in [5.41, 5.74) is 4.71. The molecular formula is C27H31N5O. The average Bonchev–Trinajstić information content (AvgIpc) is 3.41. The Morgan fingerprint density at radius 3 is 2.48 bits per heavy atom. The highest BCUT2D eigenvalue weighted by molar-refractivity contribution is 5.64. The largest absolute Gasteiger partial charge is 0.491 e. The zero-order chi connectivity index (χ0) is 22.5. The molecular weight excluding hydrogens is 410 g/mol. The Kier molecular flexibility index (Phi) is 6.42. The maximum Gasteiger partial charge on any atom is 0.225 e. The van der Waals surface area contributed by atoms with Gasteiger partial charge in [-0.05, 0) is 54.0 Å². The second-order valence-electron chi connectivity index (χ2n) is 8.65. The Hall–Kier alpha value is -3.54. The van der Waals surface area contributed by atoms with Crippen molar-refractivity contribution in [2.75, 3.05) is 29.4 Å². The van der Waals surface area contributed by atoms with Gasteiger partial charge in [-0.25, -0.2) is 9.97 Å². The van der Waals surface area contributed by atoms with Gasteiger partial charge in [-0.15, -0.1) is 0 Å². The number of ether oxygens (including phenoxy) is 1. The Bertz CT molecular complexity index is 1080. The van der Waals surface area contributed by atoms with Crippen molar-refractivity contribution in [2.45, 2.75) is 38.7 Å². The van der Waals surface area contributed by atoms with Crippen molar-refractivity contribution >= 4 is 11.6 Å². The molecule has 0 amide bonds. The molecule has 4 heterocycles. The molecule has 0 unspecified atom stereocenters. The number of hydrogen-bond donors (Lipinski definition) is 1. The number of rotatable bonds is 7. The zero-order valence-electron chi connectivity index (χ0n) is 19.2. The van der Waals surface area contributed by atoms with Crippen LogP contribution in [0, 0.1) is 0 Å². The molecule has 3 aromatic rings. The second-order valence-corrected chi connectivity index (χ2v) is 8.65. The van der Waals surface area contributed by atoms with Crippen molar-refractivity contribution in [1.29, 1.82) is 0 Å². The van der Waals surface area contributed by atoms with E-state index < -0.39 is 0 Å². The number of anilines is 2. The first kappa shape index (κ1) is 21.3. The highest BCUT2D eigenvalue weighted by Gasteiger charge is 2.23. The molecule has 5 rings (SSSR count). The van der Waals surface area contributed by atoms with Gasteiger partial charge in [0.2, 0.25) is 5.95 Å². The Balaban J connectivity index is 1.10.